The van der Waals surface area contributed by atoms with Crippen LogP contribution in [0.15, 0.2) is 12.3 Å². The van der Waals surface area contributed by atoms with Crippen molar-refractivity contribution in [3.8, 4) is 0 Å². The molecule has 0 bridgehead atoms. The lowest BCUT2D eigenvalue weighted by Crippen LogP contribution is -2.38. The molecule has 2 N–H and O–H groups in total. The Labute approximate surface area is 105 Å². The van der Waals surface area contributed by atoms with Gasteiger partial charge in [0.25, 0.3) is 0 Å². The van der Waals surface area contributed by atoms with Crippen molar-refractivity contribution >= 4 is 34.9 Å². The van der Waals surface area contributed by atoms with Gasteiger partial charge < -0.3 is 10.6 Å². The van der Waals surface area contributed by atoms with Gasteiger partial charge >= 0.3 is 0 Å². The van der Waals surface area contributed by atoms with Gasteiger partial charge in [-0.2, -0.15) is 11.8 Å². The largest absolute Gasteiger partial charge is 0.388 e. The molecule has 1 aromatic heterocycles. The van der Waals surface area contributed by atoms with E-state index in [0.29, 0.717) is 15.9 Å². The molecule has 1 unspecified atom stereocenters. The lowest BCUT2D eigenvalue weighted by atomic mass is 10.4. The maximum absolute atomic E-state index is 5.56. The minimum Gasteiger partial charge on any atom is -0.388 e. The standard InChI is InChI=1S/C10H14N4S2/c1-7-6-14(4-5-16-7)10-12-3-2-8(13-10)9(11)15/h2-3,7H,4-6H2,1H3,(H2,11,15). The van der Waals surface area contributed by atoms with Crippen LogP contribution in [0.25, 0.3) is 0 Å². The molecule has 2 heterocycles. The van der Waals surface area contributed by atoms with Gasteiger partial charge in [0.1, 0.15) is 10.7 Å². The number of rotatable bonds is 2. The van der Waals surface area contributed by atoms with Crippen molar-refractivity contribution in [3.05, 3.63) is 18.0 Å². The summed E-state index contributed by atoms with van der Waals surface area (Å²) >= 11 is 6.89. The second-order valence-electron chi connectivity index (χ2n) is 3.73. The van der Waals surface area contributed by atoms with Crippen molar-refractivity contribution in [3.63, 3.8) is 0 Å². The third-order valence-electron chi connectivity index (χ3n) is 2.42. The molecule has 1 aliphatic rings. The zero-order valence-electron chi connectivity index (χ0n) is 9.09. The first kappa shape index (κ1) is 11.6. The number of aromatic nitrogens is 2. The molecule has 0 saturated carbocycles. The van der Waals surface area contributed by atoms with E-state index in [1.54, 1.807) is 12.3 Å². The fourth-order valence-electron chi connectivity index (χ4n) is 1.64. The van der Waals surface area contributed by atoms with Crippen LogP contribution >= 0.6 is 24.0 Å². The van der Waals surface area contributed by atoms with E-state index in [4.69, 9.17) is 18.0 Å². The van der Waals surface area contributed by atoms with Gasteiger partial charge in [-0.25, -0.2) is 9.97 Å². The van der Waals surface area contributed by atoms with E-state index in [-0.39, 0.29) is 0 Å². The molecule has 6 heteroatoms. The van der Waals surface area contributed by atoms with Gasteiger partial charge in [0, 0.05) is 30.3 Å². The quantitative estimate of drug-likeness (QED) is 0.796. The first-order valence-corrected chi connectivity index (χ1v) is 6.62. The van der Waals surface area contributed by atoms with Gasteiger partial charge in [-0.1, -0.05) is 19.1 Å². The summed E-state index contributed by atoms with van der Waals surface area (Å²) in [5, 5.41) is 0.617. The molecule has 0 aromatic carbocycles. The van der Waals surface area contributed by atoms with E-state index < -0.39 is 0 Å². The van der Waals surface area contributed by atoms with E-state index in [9.17, 15) is 0 Å². The van der Waals surface area contributed by atoms with E-state index >= 15 is 0 Å². The number of thiocarbonyl (C=S) groups is 1. The normalized spacial score (nSPS) is 20.8. The van der Waals surface area contributed by atoms with Crippen LogP contribution in [0.2, 0.25) is 0 Å². The lowest BCUT2D eigenvalue weighted by molar-refractivity contribution is 0.754. The van der Waals surface area contributed by atoms with Crippen molar-refractivity contribution in [2.75, 3.05) is 23.7 Å². The smallest absolute Gasteiger partial charge is 0.226 e. The summed E-state index contributed by atoms with van der Waals surface area (Å²) < 4.78 is 0. The maximum Gasteiger partial charge on any atom is 0.226 e. The predicted octanol–water partition coefficient (Wildman–Crippen LogP) is 1.05. The highest BCUT2D eigenvalue weighted by Crippen LogP contribution is 2.20. The molecule has 0 radical (unpaired) electrons. The molecule has 16 heavy (non-hydrogen) atoms. The SMILES string of the molecule is CC1CN(c2nccc(C(N)=S)n2)CCS1. The van der Waals surface area contributed by atoms with Crippen LogP contribution in [-0.2, 0) is 0 Å². The van der Waals surface area contributed by atoms with Crippen molar-refractivity contribution in [1.82, 2.24) is 9.97 Å². The Balaban J connectivity index is 2.19. The number of nitrogens with two attached hydrogens (primary N) is 1. The summed E-state index contributed by atoms with van der Waals surface area (Å²) in [7, 11) is 0. The van der Waals surface area contributed by atoms with Crippen molar-refractivity contribution < 1.29 is 0 Å². The van der Waals surface area contributed by atoms with Crippen LogP contribution < -0.4 is 10.6 Å². The number of nitrogens with zero attached hydrogens (tertiary/aromatic N) is 3. The summed E-state index contributed by atoms with van der Waals surface area (Å²) in [5.41, 5.74) is 6.20. The van der Waals surface area contributed by atoms with Crippen molar-refractivity contribution in [2.45, 2.75) is 12.2 Å². The Morgan fingerprint density at radius 1 is 1.69 bits per heavy atom. The highest BCUT2D eigenvalue weighted by atomic mass is 32.2. The summed E-state index contributed by atoms with van der Waals surface area (Å²) in [6.45, 7) is 4.18. The summed E-state index contributed by atoms with van der Waals surface area (Å²) in [6.07, 6.45) is 1.71. The number of thioether (sulfide) groups is 1. The second-order valence-corrected chi connectivity index (χ2v) is 5.72. The molecule has 1 fully saturated rings. The zero-order valence-corrected chi connectivity index (χ0v) is 10.7. The third kappa shape index (κ3) is 2.62. The predicted molar refractivity (Wildman–Crippen MR) is 72.1 cm³/mol. The monoisotopic (exact) mass is 254 g/mol. The zero-order chi connectivity index (χ0) is 11.5. The van der Waals surface area contributed by atoms with Crippen LogP contribution in [0.4, 0.5) is 5.95 Å². The fourth-order valence-corrected chi connectivity index (χ4v) is 2.77. The average molecular weight is 254 g/mol. The molecular weight excluding hydrogens is 240 g/mol. The van der Waals surface area contributed by atoms with Crippen LogP contribution in [-0.4, -0.2) is 39.0 Å². The molecule has 1 atom stereocenters. The van der Waals surface area contributed by atoms with Gasteiger partial charge in [-0.05, 0) is 6.07 Å². The first-order valence-electron chi connectivity index (χ1n) is 5.16. The average Bonchev–Trinajstić information content (AvgIpc) is 2.29. The summed E-state index contributed by atoms with van der Waals surface area (Å²) in [6, 6.07) is 1.74. The second kappa shape index (κ2) is 4.97. The van der Waals surface area contributed by atoms with Crippen molar-refractivity contribution in [1.29, 1.82) is 0 Å². The van der Waals surface area contributed by atoms with Crippen LogP contribution in [0, 0.1) is 0 Å². The van der Waals surface area contributed by atoms with Crippen molar-refractivity contribution in [2.24, 2.45) is 5.73 Å². The van der Waals surface area contributed by atoms with E-state index in [1.165, 1.54) is 0 Å². The molecule has 4 nitrogen and oxygen atoms in total. The van der Waals surface area contributed by atoms with Gasteiger partial charge in [0.05, 0.1) is 0 Å². The van der Waals surface area contributed by atoms with Gasteiger partial charge in [-0.3, -0.25) is 0 Å². The third-order valence-corrected chi connectivity index (χ3v) is 3.76. The minimum absolute atomic E-state index is 0.322. The van der Waals surface area contributed by atoms with Crippen LogP contribution in [0.5, 0.6) is 0 Å². The van der Waals surface area contributed by atoms with Crippen LogP contribution in [0.3, 0.4) is 0 Å². The number of anilines is 1. The molecule has 0 aliphatic carbocycles. The van der Waals surface area contributed by atoms with Gasteiger partial charge in [-0.15, -0.1) is 0 Å². The first-order chi connectivity index (χ1) is 7.66. The topological polar surface area (TPSA) is 55.0 Å². The Morgan fingerprint density at radius 3 is 3.19 bits per heavy atom. The molecule has 0 amide bonds. The Hall–Kier alpha value is -0.880. The highest BCUT2D eigenvalue weighted by Gasteiger charge is 2.19. The maximum atomic E-state index is 5.56. The summed E-state index contributed by atoms with van der Waals surface area (Å²) in [4.78, 5) is 11.1. The molecule has 1 saturated heterocycles. The van der Waals surface area contributed by atoms with E-state index in [0.717, 1.165) is 24.8 Å². The van der Waals surface area contributed by atoms with Gasteiger partial charge in [0.2, 0.25) is 5.95 Å². The fraction of sp³-hybridized carbons (Fsp3) is 0.500. The van der Waals surface area contributed by atoms with E-state index in [2.05, 4.69) is 21.8 Å². The molecule has 0 spiro atoms. The number of hydrogen-bond donors (Lipinski definition) is 1. The Kier molecular flexibility index (Phi) is 3.60. The molecular formula is C10H14N4S2. The molecule has 1 aliphatic heterocycles. The summed E-state index contributed by atoms with van der Waals surface area (Å²) in [5.74, 6) is 1.85. The molecule has 1 aromatic rings. The van der Waals surface area contributed by atoms with E-state index in [1.807, 2.05) is 11.8 Å². The Morgan fingerprint density at radius 2 is 2.50 bits per heavy atom. The Bertz CT molecular complexity index is 396. The number of hydrogen-bond acceptors (Lipinski definition) is 5. The molecule has 2 rings (SSSR count). The van der Waals surface area contributed by atoms with Crippen LogP contribution in [0.1, 0.15) is 12.6 Å². The molecule has 86 valence electrons. The highest BCUT2D eigenvalue weighted by molar-refractivity contribution is 8.00. The minimum atomic E-state index is 0.322. The lowest BCUT2D eigenvalue weighted by Gasteiger charge is -2.30. The van der Waals surface area contributed by atoms with Gasteiger partial charge in [0.15, 0.2) is 0 Å².